The zero-order chi connectivity index (χ0) is 19.5. The molecule has 2 N–H and O–H groups in total. The molecule has 4 rings (SSSR count). The maximum atomic E-state index is 12.8. The number of anilines is 2. The van der Waals surface area contributed by atoms with Crippen molar-refractivity contribution in [3.63, 3.8) is 0 Å². The average molecular weight is 379 g/mol. The van der Waals surface area contributed by atoms with E-state index in [0.717, 1.165) is 36.2 Å². The third kappa shape index (κ3) is 3.96. The molecule has 2 aromatic carbocycles. The number of amides is 2. The first-order valence-corrected chi connectivity index (χ1v) is 9.76. The van der Waals surface area contributed by atoms with Crippen LogP contribution >= 0.6 is 0 Å². The van der Waals surface area contributed by atoms with Gasteiger partial charge in [-0.2, -0.15) is 0 Å². The second kappa shape index (κ2) is 7.92. The third-order valence-electron chi connectivity index (χ3n) is 5.17. The van der Waals surface area contributed by atoms with Gasteiger partial charge in [-0.25, -0.2) is 0 Å². The first-order valence-electron chi connectivity index (χ1n) is 9.76. The van der Waals surface area contributed by atoms with Crippen LogP contribution in [0.4, 0.5) is 11.4 Å². The molecule has 2 amide bonds. The van der Waals surface area contributed by atoms with Crippen LogP contribution in [0.5, 0.6) is 5.75 Å². The van der Waals surface area contributed by atoms with E-state index in [4.69, 9.17) is 4.74 Å². The highest BCUT2D eigenvalue weighted by molar-refractivity contribution is 5.97. The maximum Gasteiger partial charge on any atom is 0.247 e. The zero-order valence-electron chi connectivity index (χ0n) is 16.0. The number of carbonyl (C=O) groups is 2. The normalized spacial score (nSPS) is 17.3. The van der Waals surface area contributed by atoms with Crippen LogP contribution in [0.25, 0.3) is 0 Å². The van der Waals surface area contributed by atoms with Crippen molar-refractivity contribution in [2.45, 2.75) is 37.8 Å². The fourth-order valence-electron chi connectivity index (χ4n) is 3.52. The number of carbonyl (C=O) groups excluding carboxylic acids is 2. The fourth-order valence-corrected chi connectivity index (χ4v) is 3.52. The first kappa shape index (κ1) is 18.3. The van der Waals surface area contributed by atoms with Gasteiger partial charge in [0.1, 0.15) is 11.8 Å². The molecule has 2 fully saturated rings. The van der Waals surface area contributed by atoms with E-state index < -0.39 is 6.04 Å². The standard InChI is InChI=1S/C22H25N3O3/c1-28-19-14-17(11-12-18(19)25-13-5-8-20(25)26)23-21(15-6-3-2-4-7-15)22(27)24-16-9-10-16/h2-4,6-7,11-12,14,16,21,23H,5,8-10,13H2,1H3,(H,24,27)/t21-/m1/s1. The van der Waals surface area contributed by atoms with Crippen LogP contribution in [0.2, 0.25) is 0 Å². The van der Waals surface area contributed by atoms with Crippen LogP contribution < -0.4 is 20.3 Å². The summed E-state index contributed by atoms with van der Waals surface area (Å²) in [5.74, 6) is 0.700. The Bertz CT molecular complexity index is 865. The molecule has 1 atom stereocenters. The quantitative estimate of drug-likeness (QED) is 0.775. The predicted octanol–water partition coefficient (Wildman–Crippen LogP) is 3.25. The van der Waals surface area contributed by atoms with E-state index >= 15 is 0 Å². The number of ether oxygens (including phenoxy) is 1. The lowest BCUT2D eigenvalue weighted by atomic mass is 10.1. The summed E-state index contributed by atoms with van der Waals surface area (Å²) in [6, 6.07) is 15.1. The van der Waals surface area contributed by atoms with Gasteiger partial charge in [-0.1, -0.05) is 30.3 Å². The Morgan fingerprint density at radius 1 is 1.18 bits per heavy atom. The van der Waals surface area contributed by atoms with E-state index in [0.29, 0.717) is 24.8 Å². The molecular weight excluding hydrogens is 354 g/mol. The van der Waals surface area contributed by atoms with E-state index in [1.807, 2.05) is 48.5 Å². The lowest BCUT2D eigenvalue weighted by molar-refractivity contribution is -0.122. The van der Waals surface area contributed by atoms with Gasteiger partial charge in [-0.15, -0.1) is 0 Å². The largest absolute Gasteiger partial charge is 0.494 e. The molecule has 1 heterocycles. The zero-order valence-corrected chi connectivity index (χ0v) is 16.0. The maximum absolute atomic E-state index is 12.8. The molecule has 2 aromatic rings. The molecule has 0 unspecified atom stereocenters. The second-order valence-corrected chi connectivity index (χ2v) is 7.31. The van der Waals surface area contributed by atoms with E-state index in [-0.39, 0.29) is 11.8 Å². The molecule has 1 aliphatic heterocycles. The van der Waals surface area contributed by atoms with Crippen molar-refractivity contribution in [3.05, 3.63) is 54.1 Å². The van der Waals surface area contributed by atoms with Crippen molar-refractivity contribution in [3.8, 4) is 5.75 Å². The smallest absolute Gasteiger partial charge is 0.247 e. The summed E-state index contributed by atoms with van der Waals surface area (Å²) in [5, 5.41) is 6.41. The molecule has 0 bridgehead atoms. The molecule has 0 radical (unpaired) electrons. The highest BCUT2D eigenvalue weighted by atomic mass is 16.5. The molecule has 28 heavy (non-hydrogen) atoms. The highest BCUT2D eigenvalue weighted by Crippen LogP contribution is 2.35. The van der Waals surface area contributed by atoms with Gasteiger partial charge in [0.05, 0.1) is 12.8 Å². The Balaban J connectivity index is 1.59. The second-order valence-electron chi connectivity index (χ2n) is 7.31. The number of nitrogens with one attached hydrogen (secondary N) is 2. The van der Waals surface area contributed by atoms with Gasteiger partial charge in [0, 0.05) is 30.8 Å². The van der Waals surface area contributed by atoms with Crippen molar-refractivity contribution in [2.24, 2.45) is 0 Å². The van der Waals surface area contributed by atoms with E-state index in [9.17, 15) is 9.59 Å². The molecule has 1 saturated heterocycles. The minimum atomic E-state index is -0.495. The monoisotopic (exact) mass is 379 g/mol. The minimum absolute atomic E-state index is 0.0357. The SMILES string of the molecule is COc1cc(N[C@@H](C(=O)NC2CC2)c2ccccc2)ccc1N1CCCC1=O. The molecular formula is C22H25N3O3. The number of benzene rings is 2. The Morgan fingerprint density at radius 3 is 2.61 bits per heavy atom. The summed E-state index contributed by atoms with van der Waals surface area (Å²) in [6.07, 6.45) is 3.51. The van der Waals surface area contributed by atoms with E-state index in [1.54, 1.807) is 12.0 Å². The third-order valence-corrected chi connectivity index (χ3v) is 5.17. The van der Waals surface area contributed by atoms with Gasteiger partial charge in [-0.05, 0) is 37.0 Å². The molecule has 1 aliphatic carbocycles. The Kier molecular flexibility index (Phi) is 5.19. The Labute approximate surface area is 164 Å². The van der Waals surface area contributed by atoms with Gasteiger partial charge < -0.3 is 20.3 Å². The Hall–Kier alpha value is -3.02. The summed E-state index contributed by atoms with van der Waals surface area (Å²) < 4.78 is 5.53. The number of methoxy groups -OCH3 is 1. The van der Waals surface area contributed by atoms with Gasteiger partial charge in [0.15, 0.2) is 0 Å². The van der Waals surface area contributed by atoms with Crippen molar-refractivity contribution in [1.29, 1.82) is 0 Å². The summed E-state index contributed by atoms with van der Waals surface area (Å²) in [6.45, 7) is 0.707. The molecule has 6 nitrogen and oxygen atoms in total. The molecule has 1 saturated carbocycles. The molecule has 2 aliphatic rings. The number of hydrogen-bond donors (Lipinski definition) is 2. The fraction of sp³-hybridized carbons (Fsp3) is 0.364. The van der Waals surface area contributed by atoms with Crippen LogP contribution in [0, 0.1) is 0 Å². The molecule has 0 aromatic heterocycles. The van der Waals surface area contributed by atoms with Crippen LogP contribution in [0.1, 0.15) is 37.3 Å². The van der Waals surface area contributed by atoms with E-state index in [1.165, 1.54) is 0 Å². The Morgan fingerprint density at radius 2 is 1.96 bits per heavy atom. The van der Waals surface area contributed by atoms with E-state index in [2.05, 4.69) is 10.6 Å². The van der Waals surface area contributed by atoms with Crippen LogP contribution in [0.3, 0.4) is 0 Å². The van der Waals surface area contributed by atoms with Crippen LogP contribution in [0.15, 0.2) is 48.5 Å². The first-order chi connectivity index (χ1) is 13.7. The van der Waals surface area contributed by atoms with Crippen molar-refractivity contribution >= 4 is 23.2 Å². The van der Waals surface area contributed by atoms with Gasteiger partial charge >= 0.3 is 0 Å². The van der Waals surface area contributed by atoms with Gasteiger partial charge in [-0.3, -0.25) is 9.59 Å². The highest BCUT2D eigenvalue weighted by Gasteiger charge is 2.29. The predicted molar refractivity (Wildman–Crippen MR) is 109 cm³/mol. The molecule has 0 spiro atoms. The summed E-state index contributed by atoms with van der Waals surface area (Å²) in [7, 11) is 1.59. The van der Waals surface area contributed by atoms with Crippen molar-refractivity contribution in [1.82, 2.24) is 5.32 Å². The number of hydrogen-bond acceptors (Lipinski definition) is 4. The van der Waals surface area contributed by atoms with Crippen LogP contribution in [-0.2, 0) is 9.59 Å². The summed E-state index contributed by atoms with van der Waals surface area (Å²) in [4.78, 5) is 26.7. The lowest BCUT2D eigenvalue weighted by Gasteiger charge is -2.23. The number of rotatable bonds is 7. The number of nitrogens with zero attached hydrogens (tertiary/aromatic N) is 1. The summed E-state index contributed by atoms with van der Waals surface area (Å²) >= 11 is 0. The van der Waals surface area contributed by atoms with Crippen molar-refractivity contribution < 1.29 is 14.3 Å². The van der Waals surface area contributed by atoms with Crippen LogP contribution in [-0.4, -0.2) is 31.5 Å². The van der Waals surface area contributed by atoms with Crippen molar-refractivity contribution in [2.75, 3.05) is 23.9 Å². The average Bonchev–Trinajstić information content (AvgIpc) is 3.44. The lowest BCUT2D eigenvalue weighted by Crippen LogP contribution is -2.34. The molecule has 6 heteroatoms. The van der Waals surface area contributed by atoms with Gasteiger partial charge in [0.25, 0.3) is 0 Å². The summed E-state index contributed by atoms with van der Waals surface area (Å²) in [5.41, 5.74) is 2.44. The topological polar surface area (TPSA) is 70.7 Å². The van der Waals surface area contributed by atoms with Gasteiger partial charge in [0.2, 0.25) is 11.8 Å². The minimum Gasteiger partial charge on any atom is -0.494 e. The molecule has 146 valence electrons.